The molecule has 5 nitrogen and oxygen atoms in total. The lowest BCUT2D eigenvalue weighted by Crippen LogP contribution is -2.16. The van der Waals surface area contributed by atoms with Gasteiger partial charge in [0.05, 0.1) is 10.6 Å². The van der Waals surface area contributed by atoms with Crippen molar-refractivity contribution in [1.82, 2.24) is 0 Å². The van der Waals surface area contributed by atoms with Crippen molar-refractivity contribution >= 4 is 43.1 Å². The number of nitrogens with one attached hydrogen (secondary N) is 1. The van der Waals surface area contributed by atoms with E-state index in [9.17, 15) is 22.7 Å². The Balaban J connectivity index is 2.07. The summed E-state index contributed by atoms with van der Waals surface area (Å²) in [5.74, 6) is -1.86. The molecule has 142 valence electrons. The van der Waals surface area contributed by atoms with Gasteiger partial charge in [-0.25, -0.2) is 17.6 Å². The first-order chi connectivity index (χ1) is 12.5. The summed E-state index contributed by atoms with van der Waals surface area (Å²) < 4.78 is 42.0. The molecule has 27 heavy (non-hydrogen) atoms. The molecule has 0 spiro atoms. The highest BCUT2D eigenvalue weighted by Crippen LogP contribution is 2.37. The monoisotopic (exact) mass is 407 g/mol. The van der Waals surface area contributed by atoms with Gasteiger partial charge in [0.2, 0.25) is 0 Å². The zero-order valence-corrected chi connectivity index (χ0v) is 16.5. The maximum Gasteiger partial charge on any atom is 0.348 e. The maximum absolute atomic E-state index is 13.6. The minimum atomic E-state index is -4.03. The van der Waals surface area contributed by atoms with Crippen LogP contribution in [0.4, 0.5) is 10.1 Å². The van der Waals surface area contributed by atoms with Crippen molar-refractivity contribution in [2.45, 2.75) is 31.1 Å². The molecular weight excluding hydrogens is 389 g/mol. The minimum Gasteiger partial charge on any atom is -0.477 e. The predicted molar refractivity (Wildman–Crippen MR) is 105 cm³/mol. The average Bonchev–Trinajstić information content (AvgIpc) is 2.92. The van der Waals surface area contributed by atoms with Gasteiger partial charge in [0.15, 0.2) is 0 Å². The van der Waals surface area contributed by atoms with Crippen molar-refractivity contribution in [3.63, 3.8) is 0 Å². The van der Waals surface area contributed by atoms with Gasteiger partial charge >= 0.3 is 5.97 Å². The average molecular weight is 407 g/mol. The normalized spacial score (nSPS) is 12.3. The van der Waals surface area contributed by atoms with E-state index in [1.807, 2.05) is 20.8 Å². The van der Waals surface area contributed by atoms with Crippen LogP contribution in [0.3, 0.4) is 0 Å². The smallest absolute Gasteiger partial charge is 0.348 e. The molecule has 3 rings (SSSR count). The predicted octanol–water partition coefficient (Wildman–Crippen LogP) is 4.84. The van der Waals surface area contributed by atoms with Gasteiger partial charge in [-0.15, -0.1) is 11.3 Å². The van der Waals surface area contributed by atoms with Crippen LogP contribution in [-0.2, 0) is 15.4 Å². The lowest BCUT2D eigenvalue weighted by molar-refractivity contribution is 0.0703. The molecule has 0 saturated heterocycles. The molecule has 2 N–H and O–H groups in total. The van der Waals surface area contributed by atoms with Crippen LogP contribution in [0.15, 0.2) is 47.4 Å². The van der Waals surface area contributed by atoms with Crippen molar-refractivity contribution in [2.24, 2.45) is 0 Å². The summed E-state index contributed by atoms with van der Waals surface area (Å²) in [4.78, 5) is 11.3. The molecule has 0 amide bonds. The molecule has 0 fully saturated rings. The Labute approximate surface area is 160 Å². The number of hydrogen-bond acceptors (Lipinski definition) is 4. The molecule has 0 aliphatic carbocycles. The number of halogens is 1. The number of carboxylic acid groups (broad SMARTS) is 1. The van der Waals surface area contributed by atoms with Crippen LogP contribution >= 0.6 is 11.3 Å². The van der Waals surface area contributed by atoms with E-state index >= 15 is 0 Å². The van der Waals surface area contributed by atoms with E-state index in [1.165, 1.54) is 24.3 Å². The molecule has 2 aromatic carbocycles. The van der Waals surface area contributed by atoms with Crippen LogP contribution < -0.4 is 4.72 Å². The summed E-state index contributed by atoms with van der Waals surface area (Å²) in [6.07, 6.45) is 0. The molecule has 0 aliphatic rings. The number of hydrogen-bond donors (Lipinski definition) is 2. The van der Waals surface area contributed by atoms with Crippen LogP contribution in [0.5, 0.6) is 0 Å². The molecule has 1 heterocycles. The zero-order valence-electron chi connectivity index (χ0n) is 14.9. The minimum absolute atomic E-state index is 0.00240. The third-order valence-corrected chi connectivity index (χ3v) is 6.64. The van der Waals surface area contributed by atoms with Gasteiger partial charge in [0.1, 0.15) is 10.7 Å². The topological polar surface area (TPSA) is 83.5 Å². The molecule has 0 radical (unpaired) electrons. The highest BCUT2D eigenvalue weighted by Gasteiger charge is 2.24. The second-order valence-electron chi connectivity index (χ2n) is 7.13. The Morgan fingerprint density at radius 2 is 1.74 bits per heavy atom. The number of sulfonamides is 1. The van der Waals surface area contributed by atoms with Crippen molar-refractivity contribution < 1.29 is 22.7 Å². The largest absolute Gasteiger partial charge is 0.477 e. The Kier molecular flexibility index (Phi) is 4.73. The summed E-state index contributed by atoms with van der Waals surface area (Å²) >= 11 is 0.889. The Morgan fingerprint density at radius 3 is 2.30 bits per heavy atom. The number of fused-ring (bicyclic) bond motifs is 1. The van der Waals surface area contributed by atoms with Gasteiger partial charge in [-0.2, -0.15) is 0 Å². The standard InChI is InChI=1S/C19H18FNO4S2/c1-19(2,3)11-4-7-13(8-5-11)27(24,25)21-16-14-10-12(20)6-9-15(14)26-17(16)18(22)23/h4-10,21H,1-3H3,(H,22,23). The van der Waals surface area contributed by atoms with E-state index < -0.39 is 21.8 Å². The fourth-order valence-corrected chi connectivity index (χ4v) is 4.78. The number of anilines is 1. The molecule has 0 bridgehead atoms. The van der Waals surface area contributed by atoms with E-state index in [0.29, 0.717) is 4.70 Å². The number of carboxylic acids is 1. The van der Waals surface area contributed by atoms with Gasteiger partial charge < -0.3 is 5.11 Å². The fourth-order valence-electron chi connectivity index (χ4n) is 2.65. The summed E-state index contributed by atoms with van der Waals surface area (Å²) in [7, 11) is -4.03. The molecule has 1 aromatic heterocycles. The van der Waals surface area contributed by atoms with Gasteiger partial charge in [-0.3, -0.25) is 4.72 Å². The van der Waals surface area contributed by atoms with Crippen molar-refractivity contribution in [1.29, 1.82) is 0 Å². The third-order valence-electron chi connectivity index (χ3n) is 4.11. The van der Waals surface area contributed by atoms with E-state index in [4.69, 9.17) is 0 Å². The molecular formula is C19H18FNO4S2. The van der Waals surface area contributed by atoms with Crippen molar-refractivity contribution in [3.8, 4) is 0 Å². The quantitative estimate of drug-likeness (QED) is 0.648. The summed E-state index contributed by atoms with van der Waals surface area (Å²) in [5, 5.41) is 9.63. The van der Waals surface area contributed by atoms with E-state index in [-0.39, 0.29) is 26.3 Å². The van der Waals surface area contributed by atoms with Gasteiger partial charge in [-0.1, -0.05) is 32.9 Å². The molecule has 0 aliphatic heterocycles. The summed E-state index contributed by atoms with van der Waals surface area (Å²) in [6, 6.07) is 10.1. The SMILES string of the molecule is CC(C)(C)c1ccc(S(=O)(=O)Nc2c(C(=O)O)sc3ccc(F)cc23)cc1. The summed E-state index contributed by atoms with van der Waals surface area (Å²) in [5.41, 5.74) is 0.713. The first-order valence-corrected chi connectivity index (χ1v) is 10.4. The van der Waals surface area contributed by atoms with E-state index in [0.717, 1.165) is 23.0 Å². The zero-order chi connectivity index (χ0) is 20.0. The van der Waals surface area contributed by atoms with Gasteiger partial charge in [0, 0.05) is 10.1 Å². The molecule has 0 unspecified atom stereocenters. The summed E-state index contributed by atoms with van der Waals surface area (Å²) in [6.45, 7) is 6.04. The number of benzene rings is 2. The second kappa shape index (κ2) is 6.61. The Morgan fingerprint density at radius 1 is 1.11 bits per heavy atom. The molecule has 8 heteroatoms. The number of rotatable bonds is 4. The second-order valence-corrected chi connectivity index (χ2v) is 9.87. The number of thiophene rings is 1. The van der Waals surface area contributed by atoms with E-state index in [1.54, 1.807) is 12.1 Å². The number of carbonyl (C=O) groups is 1. The lowest BCUT2D eigenvalue weighted by atomic mass is 9.87. The van der Waals surface area contributed by atoms with Gasteiger partial charge in [0.25, 0.3) is 10.0 Å². The van der Waals surface area contributed by atoms with E-state index in [2.05, 4.69) is 4.72 Å². The maximum atomic E-state index is 13.6. The lowest BCUT2D eigenvalue weighted by Gasteiger charge is -2.19. The van der Waals surface area contributed by atoms with Crippen LogP contribution in [0.25, 0.3) is 10.1 Å². The Bertz CT molecular complexity index is 1130. The first-order valence-electron chi connectivity index (χ1n) is 8.08. The highest BCUT2D eigenvalue weighted by atomic mass is 32.2. The molecule has 0 atom stereocenters. The number of aromatic carboxylic acids is 1. The van der Waals surface area contributed by atoms with Crippen LogP contribution in [0.2, 0.25) is 0 Å². The Hall–Kier alpha value is -2.45. The molecule has 0 saturated carbocycles. The van der Waals surface area contributed by atoms with Crippen molar-refractivity contribution in [2.75, 3.05) is 4.72 Å². The fraction of sp³-hybridized carbons (Fsp3) is 0.211. The van der Waals surface area contributed by atoms with Gasteiger partial charge in [-0.05, 0) is 41.3 Å². The molecule has 3 aromatic rings. The van der Waals surface area contributed by atoms with Crippen LogP contribution in [-0.4, -0.2) is 19.5 Å². The van der Waals surface area contributed by atoms with Crippen molar-refractivity contribution in [3.05, 3.63) is 58.7 Å². The third kappa shape index (κ3) is 3.81. The van der Waals surface area contributed by atoms with Crippen LogP contribution in [0, 0.1) is 5.82 Å². The highest BCUT2D eigenvalue weighted by molar-refractivity contribution is 7.92. The van der Waals surface area contributed by atoms with Crippen LogP contribution in [0.1, 0.15) is 36.0 Å². The first kappa shape index (κ1) is 19.3.